The largest absolute Gasteiger partial charge is 0.481 e. The maximum absolute atomic E-state index is 11.7. The first-order valence-electron chi connectivity index (χ1n) is 5.55. The van der Waals surface area contributed by atoms with Gasteiger partial charge >= 0.3 is 5.97 Å². The molecule has 1 fully saturated rings. The van der Waals surface area contributed by atoms with Crippen LogP contribution in [0, 0.1) is 5.92 Å². The Morgan fingerprint density at radius 1 is 1.56 bits per heavy atom. The Labute approximate surface area is 94.4 Å². The highest BCUT2D eigenvalue weighted by molar-refractivity contribution is 6.03. The Hall–Kier alpha value is -1.39. The lowest BCUT2D eigenvalue weighted by molar-refractivity contribution is -0.145. The zero-order valence-corrected chi connectivity index (χ0v) is 9.60. The number of imide groups is 1. The van der Waals surface area contributed by atoms with Gasteiger partial charge in [-0.1, -0.05) is 20.3 Å². The predicted molar refractivity (Wildman–Crippen MR) is 56.6 cm³/mol. The van der Waals surface area contributed by atoms with Crippen molar-refractivity contribution in [3.8, 4) is 0 Å². The lowest BCUT2D eigenvalue weighted by Crippen LogP contribution is -2.41. The molecule has 1 heterocycles. The fraction of sp³-hybridized carbons (Fsp3) is 0.727. The average Bonchev–Trinajstić information content (AvgIpc) is 2.40. The Kier molecular flexibility index (Phi) is 4.04. The van der Waals surface area contributed by atoms with E-state index in [1.807, 2.05) is 6.92 Å². The quantitative estimate of drug-likeness (QED) is 0.712. The van der Waals surface area contributed by atoms with Crippen LogP contribution in [-0.2, 0) is 14.4 Å². The van der Waals surface area contributed by atoms with Crippen molar-refractivity contribution in [1.82, 2.24) is 4.90 Å². The van der Waals surface area contributed by atoms with Crippen LogP contribution in [0.1, 0.15) is 39.5 Å². The molecule has 1 saturated heterocycles. The molecule has 0 aromatic heterocycles. The van der Waals surface area contributed by atoms with E-state index in [1.54, 1.807) is 6.92 Å². The highest BCUT2D eigenvalue weighted by atomic mass is 16.4. The van der Waals surface area contributed by atoms with Gasteiger partial charge in [0.05, 0.1) is 12.5 Å². The second kappa shape index (κ2) is 5.09. The second-order valence-corrected chi connectivity index (χ2v) is 4.25. The van der Waals surface area contributed by atoms with Gasteiger partial charge in [0.1, 0.15) is 0 Å². The van der Waals surface area contributed by atoms with Crippen LogP contribution in [0.3, 0.4) is 0 Å². The molecule has 2 unspecified atom stereocenters. The SMILES string of the molecule is CCCC(CC(=O)O)N1C(=O)CC(C)C1=O. The van der Waals surface area contributed by atoms with Crippen molar-refractivity contribution in [1.29, 1.82) is 0 Å². The van der Waals surface area contributed by atoms with E-state index in [0.717, 1.165) is 11.3 Å². The summed E-state index contributed by atoms with van der Waals surface area (Å²) < 4.78 is 0. The first kappa shape index (κ1) is 12.7. The van der Waals surface area contributed by atoms with Crippen LogP contribution in [0.15, 0.2) is 0 Å². The maximum atomic E-state index is 11.7. The van der Waals surface area contributed by atoms with Gasteiger partial charge in [-0.3, -0.25) is 19.3 Å². The van der Waals surface area contributed by atoms with Gasteiger partial charge in [0.25, 0.3) is 0 Å². The summed E-state index contributed by atoms with van der Waals surface area (Å²) in [5, 5.41) is 8.76. The molecule has 0 radical (unpaired) electrons. The first-order chi connectivity index (χ1) is 7.47. The van der Waals surface area contributed by atoms with Crippen LogP contribution >= 0.6 is 0 Å². The molecular formula is C11H17NO4. The normalized spacial score (nSPS) is 22.6. The smallest absolute Gasteiger partial charge is 0.305 e. The van der Waals surface area contributed by atoms with Gasteiger partial charge in [-0.15, -0.1) is 0 Å². The molecule has 1 rings (SSSR count). The fourth-order valence-electron chi connectivity index (χ4n) is 2.05. The molecule has 0 aliphatic carbocycles. The molecule has 1 N–H and O–H groups in total. The lowest BCUT2D eigenvalue weighted by atomic mass is 10.1. The van der Waals surface area contributed by atoms with Crippen molar-refractivity contribution in [3.63, 3.8) is 0 Å². The summed E-state index contributed by atoms with van der Waals surface area (Å²) in [5.74, 6) is -1.75. The third kappa shape index (κ3) is 2.59. The van der Waals surface area contributed by atoms with Crippen molar-refractivity contribution in [3.05, 3.63) is 0 Å². The van der Waals surface area contributed by atoms with E-state index in [2.05, 4.69) is 0 Å². The number of nitrogens with zero attached hydrogens (tertiary/aromatic N) is 1. The maximum Gasteiger partial charge on any atom is 0.305 e. The van der Waals surface area contributed by atoms with Crippen molar-refractivity contribution >= 4 is 17.8 Å². The number of carboxylic acid groups (broad SMARTS) is 1. The van der Waals surface area contributed by atoms with Crippen LogP contribution in [0.25, 0.3) is 0 Å². The molecule has 0 spiro atoms. The topological polar surface area (TPSA) is 74.7 Å². The van der Waals surface area contributed by atoms with Crippen molar-refractivity contribution < 1.29 is 19.5 Å². The van der Waals surface area contributed by atoms with Gasteiger partial charge in [-0.25, -0.2) is 0 Å². The number of carbonyl (C=O) groups excluding carboxylic acids is 2. The van der Waals surface area contributed by atoms with E-state index >= 15 is 0 Å². The van der Waals surface area contributed by atoms with Crippen molar-refractivity contribution in [2.45, 2.75) is 45.6 Å². The first-order valence-corrected chi connectivity index (χ1v) is 5.55. The third-order valence-electron chi connectivity index (χ3n) is 2.81. The second-order valence-electron chi connectivity index (χ2n) is 4.25. The number of rotatable bonds is 5. The number of likely N-dealkylation sites (tertiary alicyclic amines) is 1. The molecule has 2 amide bonds. The Bertz CT molecular complexity index is 313. The summed E-state index contributed by atoms with van der Waals surface area (Å²) >= 11 is 0. The van der Waals surface area contributed by atoms with E-state index in [1.165, 1.54) is 0 Å². The van der Waals surface area contributed by atoms with E-state index in [-0.39, 0.29) is 30.6 Å². The molecule has 16 heavy (non-hydrogen) atoms. The van der Waals surface area contributed by atoms with Gasteiger partial charge in [-0.2, -0.15) is 0 Å². The number of aliphatic carboxylic acids is 1. The Morgan fingerprint density at radius 2 is 2.19 bits per heavy atom. The Morgan fingerprint density at radius 3 is 2.56 bits per heavy atom. The van der Waals surface area contributed by atoms with Gasteiger partial charge in [0, 0.05) is 12.3 Å². The van der Waals surface area contributed by atoms with E-state index in [0.29, 0.717) is 6.42 Å². The van der Waals surface area contributed by atoms with Crippen LogP contribution in [0.2, 0.25) is 0 Å². The molecule has 0 saturated carbocycles. The molecule has 1 aliphatic heterocycles. The number of carbonyl (C=O) groups is 3. The molecule has 1 aliphatic rings. The highest BCUT2D eigenvalue weighted by Crippen LogP contribution is 2.24. The molecule has 0 aromatic rings. The fourth-order valence-corrected chi connectivity index (χ4v) is 2.05. The van der Waals surface area contributed by atoms with Gasteiger partial charge in [0.15, 0.2) is 0 Å². The highest BCUT2D eigenvalue weighted by Gasteiger charge is 2.40. The summed E-state index contributed by atoms with van der Waals surface area (Å²) in [4.78, 5) is 35.2. The standard InChI is InChI=1S/C11H17NO4/c1-3-4-8(6-10(14)15)12-9(13)5-7(2)11(12)16/h7-8H,3-6H2,1-2H3,(H,14,15). The monoisotopic (exact) mass is 227 g/mol. The number of amides is 2. The van der Waals surface area contributed by atoms with E-state index in [4.69, 9.17) is 5.11 Å². The number of hydrogen-bond donors (Lipinski definition) is 1. The summed E-state index contributed by atoms with van der Waals surface area (Å²) in [6.45, 7) is 3.60. The molecule has 5 heteroatoms. The lowest BCUT2D eigenvalue weighted by Gasteiger charge is -2.24. The molecule has 2 atom stereocenters. The van der Waals surface area contributed by atoms with Crippen LogP contribution in [0.4, 0.5) is 0 Å². The zero-order valence-electron chi connectivity index (χ0n) is 9.60. The van der Waals surface area contributed by atoms with Crippen LogP contribution in [-0.4, -0.2) is 33.8 Å². The zero-order chi connectivity index (χ0) is 12.3. The minimum Gasteiger partial charge on any atom is -0.481 e. The van der Waals surface area contributed by atoms with Crippen molar-refractivity contribution in [2.24, 2.45) is 5.92 Å². The van der Waals surface area contributed by atoms with E-state index in [9.17, 15) is 14.4 Å². The summed E-state index contributed by atoms with van der Waals surface area (Å²) in [5.41, 5.74) is 0. The van der Waals surface area contributed by atoms with Crippen LogP contribution < -0.4 is 0 Å². The number of hydrogen-bond acceptors (Lipinski definition) is 3. The molecular weight excluding hydrogens is 210 g/mol. The van der Waals surface area contributed by atoms with Gasteiger partial charge in [0.2, 0.25) is 11.8 Å². The van der Waals surface area contributed by atoms with Crippen LogP contribution in [0.5, 0.6) is 0 Å². The summed E-state index contributed by atoms with van der Waals surface area (Å²) in [6, 6.07) is -0.479. The molecule has 0 aromatic carbocycles. The molecule has 0 bridgehead atoms. The number of carboxylic acids is 1. The Balaban J connectivity index is 2.80. The summed E-state index contributed by atoms with van der Waals surface area (Å²) in [6.07, 6.45) is 1.36. The third-order valence-corrected chi connectivity index (χ3v) is 2.81. The van der Waals surface area contributed by atoms with Gasteiger partial charge < -0.3 is 5.11 Å². The molecule has 5 nitrogen and oxygen atoms in total. The van der Waals surface area contributed by atoms with Crippen molar-refractivity contribution in [2.75, 3.05) is 0 Å². The van der Waals surface area contributed by atoms with Gasteiger partial charge in [-0.05, 0) is 6.42 Å². The predicted octanol–water partition coefficient (Wildman–Crippen LogP) is 1.02. The average molecular weight is 227 g/mol. The molecule has 90 valence electrons. The minimum absolute atomic E-state index is 0.155. The van der Waals surface area contributed by atoms with E-state index < -0.39 is 12.0 Å². The summed E-state index contributed by atoms with van der Waals surface area (Å²) in [7, 11) is 0. The minimum atomic E-state index is -0.974.